The number of sulfonamides is 1. The van der Waals surface area contributed by atoms with Crippen LogP contribution in [0.1, 0.15) is 17.2 Å². The summed E-state index contributed by atoms with van der Waals surface area (Å²) >= 11 is 0. The van der Waals surface area contributed by atoms with Crippen molar-refractivity contribution in [3.05, 3.63) is 59.7 Å². The maximum Gasteiger partial charge on any atom is 0.573 e. The van der Waals surface area contributed by atoms with Crippen LogP contribution in [0.25, 0.3) is 0 Å². The fourth-order valence-corrected chi connectivity index (χ4v) is 4.10. The summed E-state index contributed by atoms with van der Waals surface area (Å²) in [6.45, 7) is 0.705. The zero-order valence-electron chi connectivity index (χ0n) is 13.6. The molecule has 1 aliphatic rings. The molecule has 5 nitrogen and oxygen atoms in total. The monoisotopic (exact) mass is 386 g/mol. The predicted molar refractivity (Wildman–Crippen MR) is 89.2 cm³/mol. The molecule has 2 aromatic rings. The van der Waals surface area contributed by atoms with Gasteiger partial charge in [0.15, 0.2) is 0 Å². The Hall–Kier alpha value is -2.10. The number of para-hydroxylation sites is 1. The molecule has 0 saturated carbocycles. The smallest absolute Gasteiger partial charge is 0.404 e. The van der Waals surface area contributed by atoms with Gasteiger partial charge in [-0.1, -0.05) is 36.4 Å². The molecule has 1 atom stereocenters. The molecule has 0 spiro atoms. The molecule has 0 radical (unpaired) electrons. The van der Waals surface area contributed by atoms with Crippen molar-refractivity contribution in [1.82, 2.24) is 10.0 Å². The predicted octanol–water partition coefficient (Wildman–Crippen LogP) is 2.75. The van der Waals surface area contributed by atoms with Crippen LogP contribution >= 0.6 is 0 Å². The number of rotatable bonds is 5. The average Bonchev–Trinajstić information content (AvgIpc) is 2.59. The van der Waals surface area contributed by atoms with Crippen molar-refractivity contribution in [3.8, 4) is 5.75 Å². The maximum absolute atomic E-state index is 12.5. The van der Waals surface area contributed by atoms with Crippen LogP contribution in [0.2, 0.25) is 0 Å². The fraction of sp³-hybridized carbons (Fsp3) is 0.294. The first kappa shape index (κ1) is 18.7. The molecule has 1 unspecified atom stereocenters. The molecule has 0 aliphatic carbocycles. The molecule has 9 heteroatoms. The molecule has 140 valence electrons. The zero-order valence-corrected chi connectivity index (χ0v) is 14.4. The molecule has 26 heavy (non-hydrogen) atoms. The van der Waals surface area contributed by atoms with Crippen LogP contribution in [-0.4, -0.2) is 27.9 Å². The van der Waals surface area contributed by atoms with Crippen LogP contribution in [0.5, 0.6) is 5.75 Å². The highest BCUT2D eigenvalue weighted by atomic mass is 32.2. The largest absolute Gasteiger partial charge is 0.573 e. The van der Waals surface area contributed by atoms with Gasteiger partial charge in [-0.15, -0.1) is 13.2 Å². The first-order chi connectivity index (χ1) is 12.3. The lowest BCUT2D eigenvalue weighted by molar-refractivity contribution is -0.275. The summed E-state index contributed by atoms with van der Waals surface area (Å²) in [5, 5.41) is 3.21. The van der Waals surface area contributed by atoms with E-state index in [-0.39, 0.29) is 12.6 Å². The molecule has 0 bridgehead atoms. The van der Waals surface area contributed by atoms with E-state index in [2.05, 4.69) is 14.8 Å². The third kappa shape index (κ3) is 4.35. The van der Waals surface area contributed by atoms with Gasteiger partial charge in [-0.05, 0) is 36.2 Å². The number of nitrogens with one attached hydrogen (secondary N) is 2. The van der Waals surface area contributed by atoms with Crippen molar-refractivity contribution in [3.63, 3.8) is 0 Å². The summed E-state index contributed by atoms with van der Waals surface area (Å²) in [6, 6.07) is 12.1. The van der Waals surface area contributed by atoms with Gasteiger partial charge in [0.05, 0.1) is 0 Å². The van der Waals surface area contributed by atoms with Gasteiger partial charge in [-0.2, -0.15) is 0 Å². The summed E-state index contributed by atoms with van der Waals surface area (Å²) in [5.41, 5.74) is 2.09. The van der Waals surface area contributed by atoms with Gasteiger partial charge in [0.2, 0.25) is 10.0 Å². The molecule has 0 fully saturated rings. The standard InChI is InChI=1S/C17H17F3N2O3S/c18-17(19,20)25-15-7-3-4-8-16(15)26(23,24)22-11-14-13-6-2-1-5-12(13)9-10-21-14/h1-8,14,21-22H,9-11H2. The van der Waals surface area contributed by atoms with Gasteiger partial charge in [-0.25, -0.2) is 13.1 Å². The van der Waals surface area contributed by atoms with Gasteiger partial charge in [-0.3, -0.25) is 0 Å². The van der Waals surface area contributed by atoms with E-state index < -0.39 is 27.0 Å². The zero-order chi connectivity index (χ0) is 18.8. The maximum atomic E-state index is 12.5. The van der Waals surface area contributed by atoms with Crippen LogP contribution in [0.4, 0.5) is 13.2 Å². The van der Waals surface area contributed by atoms with E-state index in [0.717, 1.165) is 29.7 Å². The summed E-state index contributed by atoms with van der Waals surface area (Å²) in [7, 11) is -4.18. The van der Waals surface area contributed by atoms with E-state index in [4.69, 9.17) is 0 Å². The average molecular weight is 386 g/mol. The topological polar surface area (TPSA) is 67.4 Å². The fourth-order valence-electron chi connectivity index (χ4n) is 2.93. The Labute approximate surface area is 149 Å². The molecular formula is C17H17F3N2O3S. The highest BCUT2D eigenvalue weighted by Crippen LogP contribution is 2.29. The van der Waals surface area contributed by atoms with Crippen LogP contribution in [0.3, 0.4) is 0 Å². The summed E-state index contributed by atoms with van der Waals surface area (Å²) in [6.07, 6.45) is -4.14. The van der Waals surface area contributed by atoms with Gasteiger partial charge in [0, 0.05) is 12.6 Å². The molecule has 3 rings (SSSR count). The van der Waals surface area contributed by atoms with E-state index in [9.17, 15) is 21.6 Å². The first-order valence-electron chi connectivity index (χ1n) is 7.92. The number of hydrogen-bond acceptors (Lipinski definition) is 4. The van der Waals surface area contributed by atoms with Crippen LogP contribution in [0, 0.1) is 0 Å². The molecule has 2 N–H and O–H groups in total. The van der Waals surface area contributed by atoms with Crippen molar-refractivity contribution in [2.24, 2.45) is 0 Å². The van der Waals surface area contributed by atoms with Crippen molar-refractivity contribution in [2.45, 2.75) is 23.7 Å². The molecule has 1 aliphatic heterocycles. The van der Waals surface area contributed by atoms with E-state index >= 15 is 0 Å². The van der Waals surface area contributed by atoms with Gasteiger partial charge in [0.1, 0.15) is 10.6 Å². The lowest BCUT2D eigenvalue weighted by Gasteiger charge is -2.27. The molecule has 1 heterocycles. The molecular weight excluding hydrogens is 369 g/mol. The minimum atomic E-state index is -4.98. The summed E-state index contributed by atoms with van der Waals surface area (Å²) in [5.74, 6) is -0.760. The second kappa shape index (κ2) is 7.26. The Morgan fingerprint density at radius 1 is 1.12 bits per heavy atom. The van der Waals surface area contributed by atoms with Crippen molar-refractivity contribution in [2.75, 3.05) is 13.1 Å². The minimum absolute atomic E-state index is 0.0136. The van der Waals surface area contributed by atoms with Crippen molar-refractivity contribution in [1.29, 1.82) is 0 Å². The Balaban J connectivity index is 1.79. The van der Waals surface area contributed by atoms with Crippen molar-refractivity contribution < 1.29 is 26.3 Å². The number of benzene rings is 2. The van der Waals surface area contributed by atoms with Gasteiger partial charge >= 0.3 is 6.36 Å². The number of hydrogen-bond donors (Lipinski definition) is 2. The molecule has 0 aromatic heterocycles. The van der Waals surface area contributed by atoms with E-state index in [0.29, 0.717) is 6.54 Å². The minimum Gasteiger partial charge on any atom is -0.404 e. The Kier molecular flexibility index (Phi) is 5.22. The number of halogens is 3. The first-order valence-corrected chi connectivity index (χ1v) is 9.40. The Bertz CT molecular complexity index is 885. The lowest BCUT2D eigenvalue weighted by atomic mass is 9.95. The van der Waals surface area contributed by atoms with E-state index in [1.54, 1.807) is 0 Å². The highest BCUT2D eigenvalue weighted by molar-refractivity contribution is 7.89. The van der Waals surface area contributed by atoms with Crippen LogP contribution in [-0.2, 0) is 16.4 Å². The SMILES string of the molecule is O=S(=O)(NCC1NCCc2ccccc21)c1ccccc1OC(F)(F)F. The van der Waals surface area contributed by atoms with Crippen LogP contribution in [0.15, 0.2) is 53.4 Å². The summed E-state index contributed by atoms with van der Waals surface area (Å²) < 4.78 is 68.7. The molecule has 0 saturated heterocycles. The Morgan fingerprint density at radius 2 is 1.81 bits per heavy atom. The second-order valence-corrected chi connectivity index (χ2v) is 7.54. The lowest BCUT2D eigenvalue weighted by Crippen LogP contribution is -2.39. The third-order valence-electron chi connectivity index (χ3n) is 4.06. The number of fused-ring (bicyclic) bond motifs is 1. The van der Waals surface area contributed by atoms with Gasteiger partial charge < -0.3 is 10.1 Å². The quantitative estimate of drug-likeness (QED) is 0.829. The van der Waals surface area contributed by atoms with E-state index in [1.165, 1.54) is 12.1 Å². The second-order valence-electron chi connectivity index (χ2n) is 5.80. The summed E-state index contributed by atoms with van der Waals surface area (Å²) in [4.78, 5) is -0.554. The highest BCUT2D eigenvalue weighted by Gasteiger charge is 2.34. The Morgan fingerprint density at radius 3 is 2.58 bits per heavy atom. The number of ether oxygens (including phenoxy) is 1. The van der Waals surface area contributed by atoms with Crippen LogP contribution < -0.4 is 14.8 Å². The van der Waals surface area contributed by atoms with E-state index in [1.807, 2.05) is 24.3 Å². The normalized spacial score (nSPS) is 17.6. The van der Waals surface area contributed by atoms with Crippen molar-refractivity contribution >= 4 is 10.0 Å². The molecule has 0 amide bonds. The number of alkyl halides is 3. The van der Waals surface area contributed by atoms with Gasteiger partial charge in [0.25, 0.3) is 0 Å². The molecule has 2 aromatic carbocycles. The third-order valence-corrected chi connectivity index (χ3v) is 5.52.